The van der Waals surface area contributed by atoms with Crippen molar-refractivity contribution in [3.8, 4) is 0 Å². The molecule has 1 unspecified atom stereocenters. The van der Waals surface area contributed by atoms with E-state index in [4.69, 9.17) is 5.73 Å². The van der Waals surface area contributed by atoms with Gasteiger partial charge in [-0.15, -0.1) is 0 Å². The smallest absolute Gasteiger partial charge is 0.0574 e. The van der Waals surface area contributed by atoms with Crippen LogP contribution in [0.15, 0.2) is 30.3 Å². The molecule has 4 nitrogen and oxygen atoms in total. The van der Waals surface area contributed by atoms with E-state index >= 15 is 0 Å². The summed E-state index contributed by atoms with van der Waals surface area (Å²) in [6.45, 7) is 3.86. The molecule has 19 heavy (non-hydrogen) atoms. The maximum absolute atomic E-state index is 6.03. The van der Waals surface area contributed by atoms with Crippen molar-refractivity contribution in [2.45, 2.75) is 24.9 Å². The van der Waals surface area contributed by atoms with Gasteiger partial charge in [0.2, 0.25) is 0 Å². The van der Waals surface area contributed by atoms with Gasteiger partial charge in [-0.1, -0.05) is 30.3 Å². The van der Waals surface area contributed by atoms with Gasteiger partial charge in [-0.05, 0) is 24.9 Å². The van der Waals surface area contributed by atoms with Gasteiger partial charge in [-0.25, -0.2) is 10.4 Å². The van der Waals surface area contributed by atoms with Gasteiger partial charge < -0.3 is 5.73 Å². The van der Waals surface area contributed by atoms with E-state index in [1.54, 1.807) is 0 Å². The summed E-state index contributed by atoms with van der Waals surface area (Å²) in [7, 11) is 4.07. The lowest BCUT2D eigenvalue weighted by Crippen LogP contribution is -2.63. The summed E-state index contributed by atoms with van der Waals surface area (Å²) in [5.74, 6) is 0. The highest BCUT2D eigenvalue weighted by Gasteiger charge is 2.34. The predicted octanol–water partition coefficient (Wildman–Crippen LogP) is 1.05. The molecule has 1 aliphatic heterocycles. The number of rotatable bonds is 5. The molecule has 1 saturated heterocycles. The lowest BCUT2D eigenvalue weighted by atomic mass is 9.89. The molecule has 4 heteroatoms. The largest absolute Gasteiger partial charge is 0.329 e. The van der Waals surface area contributed by atoms with Crippen LogP contribution in [0.3, 0.4) is 0 Å². The van der Waals surface area contributed by atoms with Crippen molar-refractivity contribution in [3.63, 3.8) is 0 Å². The second-order valence-electron chi connectivity index (χ2n) is 5.79. The SMILES string of the molecule is CN(C)NC1(CN)CCCN(Cc2ccccc2)C1. The molecule has 1 aliphatic rings. The summed E-state index contributed by atoms with van der Waals surface area (Å²) in [4.78, 5) is 2.50. The van der Waals surface area contributed by atoms with Crippen LogP contribution in [0.5, 0.6) is 0 Å². The van der Waals surface area contributed by atoms with Crippen molar-refractivity contribution in [2.24, 2.45) is 5.73 Å². The Morgan fingerprint density at radius 1 is 1.32 bits per heavy atom. The number of nitrogens with one attached hydrogen (secondary N) is 1. The topological polar surface area (TPSA) is 44.5 Å². The van der Waals surface area contributed by atoms with Crippen LogP contribution in [-0.4, -0.2) is 49.2 Å². The first kappa shape index (κ1) is 14.5. The number of hydrogen-bond acceptors (Lipinski definition) is 4. The first-order valence-corrected chi connectivity index (χ1v) is 7.05. The molecular weight excluding hydrogens is 236 g/mol. The minimum atomic E-state index is 0.0243. The molecule has 1 heterocycles. The van der Waals surface area contributed by atoms with Gasteiger partial charge in [0.1, 0.15) is 0 Å². The molecule has 1 aromatic rings. The number of likely N-dealkylation sites (tertiary alicyclic amines) is 1. The highest BCUT2D eigenvalue weighted by molar-refractivity contribution is 5.14. The van der Waals surface area contributed by atoms with Crippen LogP contribution in [-0.2, 0) is 6.54 Å². The van der Waals surface area contributed by atoms with Crippen LogP contribution in [0.1, 0.15) is 18.4 Å². The lowest BCUT2D eigenvalue weighted by molar-refractivity contribution is 0.0654. The summed E-state index contributed by atoms with van der Waals surface area (Å²) in [5, 5.41) is 2.03. The number of hydrazine groups is 1. The van der Waals surface area contributed by atoms with E-state index in [0.29, 0.717) is 6.54 Å². The zero-order valence-electron chi connectivity index (χ0n) is 12.1. The van der Waals surface area contributed by atoms with E-state index in [0.717, 1.165) is 26.1 Å². The summed E-state index contributed by atoms with van der Waals surface area (Å²) >= 11 is 0. The molecule has 106 valence electrons. The van der Waals surface area contributed by atoms with Gasteiger partial charge in [-0.3, -0.25) is 4.90 Å². The van der Waals surface area contributed by atoms with Crippen molar-refractivity contribution in [2.75, 3.05) is 33.7 Å². The summed E-state index contributed by atoms with van der Waals surface area (Å²) in [6.07, 6.45) is 2.35. The van der Waals surface area contributed by atoms with Crippen molar-refractivity contribution in [1.29, 1.82) is 0 Å². The van der Waals surface area contributed by atoms with Crippen LogP contribution in [0, 0.1) is 0 Å². The van der Waals surface area contributed by atoms with Crippen LogP contribution in [0.25, 0.3) is 0 Å². The minimum absolute atomic E-state index is 0.0243. The molecule has 0 saturated carbocycles. The highest BCUT2D eigenvalue weighted by Crippen LogP contribution is 2.22. The molecule has 0 aliphatic carbocycles. The zero-order chi connectivity index (χ0) is 13.7. The summed E-state index contributed by atoms with van der Waals surface area (Å²) in [6, 6.07) is 10.7. The molecular formula is C15H26N4. The highest BCUT2D eigenvalue weighted by atomic mass is 15.5. The number of benzene rings is 1. The van der Waals surface area contributed by atoms with E-state index in [1.807, 2.05) is 19.1 Å². The zero-order valence-corrected chi connectivity index (χ0v) is 12.1. The van der Waals surface area contributed by atoms with Crippen LogP contribution < -0.4 is 11.2 Å². The average molecular weight is 262 g/mol. The fraction of sp³-hybridized carbons (Fsp3) is 0.600. The molecule has 3 N–H and O–H groups in total. The third-order valence-electron chi connectivity index (χ3n) is 3.76. The lowest BCUT2D eigenvalue weighted by Gasteiger charge is -2.44. The fourth-order valence-electron chi connectivity index (χ4n) is 2.98. The first-order chi connectivity index (χ1) is 9.13. The van der Waals surface area contributed by atoms with Gasteiger partial charge in [0.05, 0.1) is 5.54 Å². The van der Waals surface area contributed by atoms with Crippen LogP contribution in [0.2, 0.25) is 0 Å². The second kappa shape index (κ2) is 6.48. The van der Waals surface area contributed by atoms with Crippen molar-refractivity contribution < 1.29 is 0 Å². The van der Waals surface area contributed by atoms with Crippen molar-refractivity contribution in [1.82, 2.24) is 15.3 Å². The van der Waals surface area contributed by atoms with Gasteiger partial charge in [0, 0.05) is 33.7 Å². The Hall–Kier alpha value is -0.940. The summed E-state index contributed by atoms with van der Waals surface area (Å²) in [5.41, 5.74) is 11.0. The Morgan fingerprint density at radius 2 is 2.05 bits per heavy atom. The first-order valence-electron chi connectivity index (χ1n) is 7.05. The molecule has 1 atom stereocenters. The van der Waals surface area contributed by atoms with Gasteiger partial charge in [0.25, 0.3) is 0 Å². The molecule has 0 bridgehead atoms. The standard InChI is InChI=1S/C15H26N4/c1-18(2)17-15(12-16)9-6-10-19(13-15)11-14-7-4-3-5-8-14/h3-5,7-8,17H,6,9-13,16H2,1-2H3. The Bertz CT molecular complexity index is 379. The monoisotopic (exact) mass is 262 g/mol. The van der Waals surface area contributed by atoms with E-state index in [-0.39, 0.29) is 5.54 Å². The van der Waals surface area contributed by atoms with Gasteiger partial charge in [-0.2, -0.15) is 0 Å². The minimum Gasteiger partial charge on any atom is -0.329 e. The Kier molecular flexibility index (Phi) is 4.93. The molecule has 1 aromatic carbocycles. The third-order valence-corrected chi connectivity index (χ3v) is 3.76. The maximum atomic E-state index is 6.03. The van der Waals surface area contributed by atoms with Crippen LogP contribution in [0.4, 0.5) is 0 Å². The molecule has 0 amide bonds. The number of nitrogens with zero attached hydrogens (tertiary/aromatic N) is 2. The third kappa shape index (κ3) is 4.01. The van der Waals surface area contributed by atoms with E-state index in [2.05, 4.69) is 40.7 Å². The summed E-state index contributed by atoms with van der Waals surface area (Å²) < 4.78 is 0. The Labute approximate surface area is 116 Å². The predicted molar refractivity (Wildman–Crippen MR) is 79.6 cm³/mol. The quantitative estimate of drug-likeness (QED) is 0.779. The molecule has 0 radical (unpaired) electrons. The fourth-order valence-corrected chi connectivity index (χ4v) is 2.98. The number of piperidine rings is 1. The normalized spacial score (nSPS) is 24.8. The second-order valence-corrected chi connectivity index (χ2v) is 5.79. The van der Waals surface area contributed by atoms with Gasteiger partial charge in [0.15, 0.2) is 0 Å². The van der Waals surface area contributed by atoms with E-state index in [1.165, 1.54) is 12.0 Å². The maximum Gasteiger partial charge on any atom is 0.0574 e. The molecule has 2 rings (SSSR count). The number of hydrogen-bond donors (Lipinski definition) is 2. The van der Waals surface area contributed by atoms with Gasteiger partial charge >= 0.3 is 0 Å². The van der Waals surface area contributed by atoms with E-state index in [9.17, 15) is 0 Å². The molecule has 0 spiro atoms. The van der Waals surface area contributed by atoms with E-state index < -0.39 is 0 Å². The average Bonchev–Trinajstić information content (AvgIpc) is 2.39. The van der Waals surface area contributed by atoms with Crippen molar-refractivity contribution >= 4 is 0 Å². The number of nitrogens with two attached hydrogens (primary N) is 1. The van der Waals surface area contributed by atoms with Crippen molar-refractivity contribution in [3.05, 3.63) is 35.9 Å². The molecule has 0 aromatic heterocycles. The Balaban J connectivity index is 1.99. The Morgan fingerprint density at radius 3 is 2.68 bits per heavy atom. The molecule has 1 fully saturated rings. The van der Waals surface area contributed by atoms with Crippen LogP contribution >= 0.6 is 0 Å².